The van der Waals surface area contributed by atoms with E-state index in [1.807, 2.05) is 26.0 Å². The van der Waals surface area contributed by atoms with Gasteiger partial charge in [0.25, 0.3) is 0 Å². The van der Waals surface area contributed by atoms with Gasteiger partial charge in [-0.25, -0.2) is 4.79 Å². The summed E-state index contributed by atoms with van der Waals surface area (Å²) in [5, 5.41) is 3.18. The van der Waals surface area contributed by atoms with Crippen LogP contribution in [0.25, 0.3) is 5.57 Å². The minimum atomic E-state index is -0.329. The molecule has 0 saturated carbocycles. The van der Waals surface area contributed by atoms with Gasteiger partial charge < -0.3 is 14.8 Å². The first-order chi connectivity index (χ1) is 15.9. The molecular weight excluding hydrogens is 426 g/mol. The number of hydrogen-bond acceptors (Lipinski definition) is 4. The van der Waals surface area contributed by atoms with Crippen molar-refractivity contribution in [3.8, 4) is 5.75 Å². The van der Waals surface area contributed by atoms with E-state index in [4.69, 9.17) is 9.47 Å². The van der Waals surface area contributed by atoms with Gasteiger partial charge in [0.05, 0.1) is 13.2 Å². The van der Waals surface area contributed by atoms with Crippen LogP contribution in [-0.4, -0.2) is 25.1 Å². The van der Waals surface area contributed by atoms with Crippen LogP contribution in [-0.2, 0) is 14.3 Å². The van der Waals surface area contributed by atoms with Crippen LogP contribution in [0.15, 0.2) is 30.3 Å². The van der Waals surface area contributed by atoms with Gasteiger partial charge >= 0.3 is 5.97 Å². The Balaban J connectivity index is 1.93. The molecule has 1 heterocycles. The number of carbonyl (C=O) groups excluding carboxylic acids is 2. The highest BCUT2D eigenvalue weighted by atomic mass is 16.5. The Morgan fingerprint density at radius 2 is 1.74 bits per heavy atom. The highest BCUT2D eigenvalue weighted by Gasteiger charge is 2.32. The molecule has 1 atom stereocenters. The van der Waals surface area contributed by atoms with Crippen LogP contribution in [0.3, 0.4) is 0 Å². The molecule has 1 unspecified atom stereocenters. The zero-order valence-corrected chi connectivity index (χ0v) is 21.7. The van der Waals surface area contributed by atoms with Crippen LogP contribution in [0.2, 0.25) is 0 Å². The third kappa shape index (κ3) is 5.52. The van der Waals surface area contributed by atoms with Crippen molar-refractivity contribution in [2.24, 2.45) is 5.41 Å². The minimum Gasteiger partial charge on any atom is -0.492 e. The third-order valence-electron chi connectivity index (χ3n) is 6.39. The van der Waals surface area contributed by atoms with Gasteiger partial charge in [0, 0.05) is 29.7 Å². The molecular formula is C29H37NO4. The van der Waals surface area contributed by atoms with E-state index in [2.05, 4.69) is 52.1 Å². The molecule has 0 aliphatic carbocycles. The Bertz CT molecular complexity index is 1120. The first kappa shape index (κ1) is 25.5. The van der Waals surface area contributed by atoms with Crippen molar-refractivity contribution in [1.29, 1.82) is 0 Å². The van der Waals surface area contributed by atoms with Crippen molar-refractivity contribution in [1.82, 2.24) is 0 Å². The quantitative estimate of drug-likeness (QED) is 0.393. The first-order valence-electron chi connectivity index (χ1n) is 11.9. The Morgan fingerprint density at radius 3 is 2.32 bits per heavy atom. The summed E-state index contributed by atoms with van der Waals surface area (Å²) in [6.07, 6.45) is 1.98. The molecule has 0 aromatic heterocycles. The van der Waals surface area contributed by atoms with E-state index >= 15 is 0 Å². The summed E-state index contributed by atoms with van der Waals surface area (Å²) in [4.78, 5) is 24.5. The molecule has 5 heteroatoms. The maximum Gasteiger partial charge on any atom is 0.331 e. The highest BCUT2D eigenvalue weighted by molar-refractivity contribution is 5.94. The molecule has 2 aromatic rings. The molecule has 1 aliphatic heterocycles. The normalized spacial score (nSPS) is 15.5. The summed E-state index contributed by atoms with van der Waals surface area (Å²) in [5.74, 6) is 0.707. The fraction of sp³-hybridized carbons (Fsp3) is 0.448. The van der Waals surface area contributed by atoms with Gasteiger partial charge in [-0.15, -0.1) is 0 Å². The number of fused-ring (bicyclic) bond motifs is 1. The molecule has 0 saturated heterocycles. The number of nitrogens with one attached hydrogen (secondary N) is 1. The molecule has 1 aliphatic rings. The lowest BCUT2D eigenvalue weighted by molar-refractivity contribution is -0.137. The number of amides is 1. The average Bonchev–Trinajstić information content (AvgIpc) is 3.19. The van der Waals surface area contributed by atoms with Crippen molar-refractivity contribution in [3.05, 3.63) is 63.7 Å². The van der Waals surface area contributed by atoms with Crippen LogP contribution >= 0.6 is 0 Å². The predicted octanol–water partition coefficient (Wildman–Crippen LogP) is 6.48. The van der Waals surface area contributed by atoms with E-state index in [0.29, 0.717) is 19.6 Å². The summed E-state index contributed by atoms with van der Waals surface area (Å²) in [6, 6.07) is 8.24. The van der Waals surface area contributed by atoms with Gasteiger partial charge in [0.2, 0.25) is 5.91 Å². The van der Waals surface area contributed by atoms with Crippen molar-refractivity contribution < 1.29 is 19.1 Å². The van der Waals surface area contributed by atoms with Crippen molar-refractivity contribution in [2.45, 2.75) is 67.7 Å². The van der Waals surface area contributed by atoms with E-state index in [-0.39, 0.29) is 23.2 Å². The summed E-state index contributed by atoms with van der Waals surface area (Å²) in [7, 11) is 0. The van der Waals surface area contributed by atoms with E-state index in [0.717, 1.165) is 50.4 Å². The lowest BCUT2D eigenvalue weighted by Gasteiger charge is -2.22. The summed E-state index contributed by atoms with van der Waals surface area (Å²) in [5.41, 5.74) is 8.11. The lowest BCUT2D eigenvalue weighted by atomic mass is 9.85. The average molecular weight is 464 g/mol. The Hall–Kier alpha value is -3.08. The fourth-order valence-corrected chi connectivity index (χ4v) is 4.54. The smallest absolute Gasteiger partial charge is 0.331 e. The van der Waals surface area contributed by atoms with E-state index in [1.165, 1.54) is 6.08 Å². The summed E-state index contributed by atoms with van der Waals surface area (Å²) in [6.45, 7) is 17.0. The zero-order valence-electron chi connectivity index (χ0n) is 21.7. The monoisotopic (exact) mass is 463 g/mol. The number of ether oxygens (including phenoxy) is 2. The van der Waals surface area contributed by atoms with Gasteiger partial charge in [-0.2, -0.15) is 0 Å². The molecule has 1 N–H and O–H groups in total. The lowest BCUT2D eigenvalue weighted by Crippen LogP contribution is -2.21. The molecule has 182 valence electrons. The number of benzene rings is 2. The molecule has 3 rings (SSSR count). The van der Waals surface area contributed by atoms with Crippen molar-refractivity contribution in [3.63, 3.8) is 0 Å². The highest BCUT2D eigenvalue weighted by Crippen LogP contribution is 2.47. The van der Waals surface area contributed by atoms with Crippen LogP contribution < -0.4 is 10.1 Å². The number of rotatable bonds is 6. The van der Waals surface area contributed by atoms with E-state index < -0.39 is 0 Å². The number of allylic oxidation sites excluding steroid dienone is 1. The van der Waals surface area contributed by atoms with Crippen LogP contribution in [0.5, 0.6) is 5.75 Å². The first-order valence-corrected chi connectivity index (χ1v) is 11.9. The third-order valence-corrected chi connectivity index (χ3v) is 6.39. The second kappa shape index (κ2) is 10.0. The molecule has 2 aromatic carbocycles. The number of carbonyl (C=O) groups is 2. The summed E-state index contributed by atoms with van der Waals surface area (Å²) < 4.78 is 11.2. The predicted molar refractivity (Wildman–Crippen MR) is 137 cm³/mol. The van der Waals surface area contributed by atoms with Gasteiger partial charge in [-0.1, -0.05) is 45.0 Å². The second-order valence-electron chi connectivity index (χ2n) is 10.3. The van der Waals surface area contributed by atoms with Crippen molar-refractivity contribution in [2.75, 3.05) is 18.5 Å². The fourth-order valence-electron chi connectivity index (χ4n) is 4.54. The maximum atomic E-state index is 12.7. The standard InChI is InChI=1S/C29H37NO4/c1-9-33-25(32)14-17(2)21-10-12-22(13-11-21)23-16-34-28-19(4)18(3)27(20(5)26(23)28)30-24(31)15-29(6,7)8/h10-14,23H,9,15-16H2,1-8H3,(H,30,31)/b17-14+. The van der Waals surface area contributed by atoms with E-state index in [9.17, 15) is 9.59 Å². The molecule has 0 fully saturated rings. The molecule has 34 heavy (non-hydrogen) atoms. The number of hydrogen-bond donors (Lipinski definition) is 1. The number of anilines is 1. The largest absolute Gasteiger partial charge is 0.492 e. The van der Waals surface area contributed by atoms with E-state index in [1.54, 1.807) is 6.92 Å². The maximum absolute atomic E-state index is 12.7. The van der Waals surface area contributed by atoms with Gasteiger partial charge in [-0.3, -0.25) is 4.79 Å². The Kier molecular flexibility index (Phi) is 7.54. The SMILES string of the molecule is CCOC(=O)/C=C(\C)c1ccc(C2COc3c(C)c(C)c(NC(=O)CC(C)(C)C)c(C)c32)cc1. The van der Waals surface area contributed by atoms with Crippen molar-refractivity contribution >= 4 is 23.1 Å². The Morgan fingerprint density at radius 1 is 1.09 bits per heavy atom. The van der Waals surface area contributed by atoms with Crippen LogP contribution in [0, 0.1) is 26.2 Å². The zero-order chi connectivity index (χ0) is 25.2. The Labute approximate surface area is 203 Å². The molecule has 0 radical (unpaired) electrons. The molecule has 0 spiro atoms. The minimum absolute atomic E-state index is 0.0294. The summed E-state index contributed by atoms with van der Waals surface area (Å²) >= 11 is 0. The van der Waals surface area contributed by atoms with Crippen LogP contribution in [0.1, 0.15) is 80.3 Å². The van der Waals surface area contributed by atoms with Crippen LogP contribution in [0.4, 0.5) is 5.69 Å². The number of esters is 1. The molecule has 1 amide bonds. The molecule has 5 nitrogen and oxygen atoms in total. The van der Waals surface area contributed by atoms with Gasteiger partial charge in [0.1, 0.15) is 5.75 Å². The molecule has 0 bridgehead atoms. The second-order valence-corrected chi connectivity index (χ2v) is 10.3. The van der Waals surface area contributed by atoms with Gasteiger partial charge in [-0.05, 0) is 73.4 Å². The van der Waals surface area contributed by atoms with Gasteiger partial charge in [0.15, 0.2) is 0 Å². The topological polar surface area (TPSA) is 64.6 Å².